The minimum atomic E-state index is 0.213. The summed E-state index contributed by atoms with van der Waals surface area (Å²) >= 11 is 0. The van der Waals surface area contributed by atoms with Crippen molar-refractivity contribution >= 4 is 0 Å². The number of methoxy groups -OCH3 is 1. The average molecular weight is 278 g/mol. The number of benzene rings is 1. The normalized spacial score (nSPS) is 10.9. The van der Waals surface area contributed by atoms with E-state index in [0.717, 1.165) is 11.1 Å². The second kappa shape index (κ2) is 7.02. The molecule has 0 amide bonds. The van der Waals surface area contributed by atoms with Crippen LogP contribution >= 0.6 is 0 Å². The van der Waals surface area contributed by atoms with Crippen LogP contribution in [-0.2, 0) is 15.9 Å². The Labute approximate surface area is 117 Å². The summed E-state index contributed by atoms with van der Waals surface area (Å²) in [6, 6.07) is 5.20. The summed E-state index contributed by atoms with van der Waals surface area (Å²) in [6.07, 6.45) is 0.574. The zero-order valence-electron chi connectivity index (χ0n) is 11.6. The number of phenols is 1. The van der Waals surface area contributed by atoms with Crippen molar-refractivity contribution in [1.82, 2.24) is 10.1 Å². The van der Waals surface area contributed by atoms with Gasteiger partial charge in [-0.3, -0.25) is 0 Å². The molecule has 0 aliphatic heterocycles. The van der Waals surface area contributed by atoms with Gasteiger partial charge in [-0.25, -0.2) is 0 Å². The van der Waals surface area contributed by atoms with E-state index in [4.69, 9.17) is 14.0 Å². The molecule has 0 aliphatic rings. The van der Waals surface area contributed by atoms with Crippen LogP contribution in [0.15, 0.2) is 22.7 Å². The molecule has 0 aliphatic carbocycles. The number of aromatic hydroxyl groups is 1. The van der Waals surface area contributed by atoms with E-state index in [1.807, 2.05) is 13.0 Å². The fraction of sp³-hybridized carbons (Fsp3) is 0.429. The van der Waals surface area contributed by atoms with E-state index in [2.05, 4.69) is 10.1 Å². The van der Waals surface area contributed by atoms with Crippen LogP contribution in [0, 0.1) is 6.92 Å². The second-order valence-electron chi connectivity index (χ2n) is 4.32. The van der Waals surface area contributed by atoms with E-state index < -0.39 is 0 Å². The zero-order valence-corrected chi connectivity index (χ0v) is 11.6. The van der Waals surface area contributed by atoms with Crippen LogP contribution in [0.3, 0.4) is 0 Å². The lowest BCUT2D eigenvalue weighted by molar-refractivity contribution is 0.0714. The van der Waals surface area contributed by atoms with Crippen molar-refractivity contribution in [3.05, 3.63) is 29.6 Å². The molecule has 0 saturated heterocycles. The number of hydrogen-bond acceptors (Lipinski definition) is 6. The Kier molecular flexibility index (Phi) is 5.09. The maximum absolute atomic E-state index is 9.67. The third kappa shape index (κ3) is 3.55. The molecule has 2 aromatic rings. The van der Waals surface area contributed by atoms with Gasteiger partial charge >= 0.3 is 0 Å². The minimum absolute atomic E-state index is 0.213. The molecule has 0 unspecified atom stereocenters. The first kappa shape index (κ1) is 14.5. The van der Waals surface area contributed by atoms with E-state index >= 15 is 0 Å². The molecule has 6 nitrogen and oxygen atoms in total. The molecule has 0 bridgehead atoms. The lowest BCUT2D eigenvalue weighted by atomic mass is 10.1. The van der Waals surface area contributed by atoms with Gasteiger partial charge in [-0.1, -0.05) is 11.2 Å². The molecule has 108 valence electrons. The SMILES string of the molecule is COCCOCCc1noc(-c2cccc(O)c2C)n1. The number of nitrogens with zero attached hydrogens (tertiary/aromatic N) is 2. The van der Waals surface area contributed by atoms with E-state index in [0.29, 0.717) is 38.0 Å². The van der Waals surface area contributed by atoms with Gasteiger partial charge in [0.25, 0.3) is 5.89 Å². The summed E-state index contributed by atoms with van der Waals surface area (Å²) in [4.78, 5) is 4.30. The summed E-state index contributed by atoms with van der Waals surface area (Å²) in [5.74, 6) is 1.20. The summed E-state index contributed by atoms with van der Waals surface area (Å²) < 4.78 is 15.4. The zero-order chi connectivity index (χ0) is 14.4. The van der Waals surface area contributed by atoms with Gasteiger partial charge in [0.2, 0.25) is 0 Å². The number of phenolic OH excluding ortho intramolecular Hbond substituents is 1. The molecule has 2 rings (SSSR count). The van der Waals surface area contributed by atoms with Gasteiger partial charge in [0.05, 0.1) is 19.8 Å². The van der Waals surface area contributed by atoms with Crippen molar-refractivity contribution in [2.75, 3.05) is 26.9 Å². The van der Waals surface area contributed by atoms with Crippen LogP contribution < -0.4 is 0 Å². The predicted molar refractivity (Wildman–Crippen MR) is 72.5 cm³/mol. The maximum atomic E-state index is 9.67. The third-order valence-electron chi connectivity index (χ3n) is 2.91. The third-order valence-corrected chi connectivity index (χ3v) is 2.91. The van der Waals surface area contributed by atoms with Crippen LogP contribution in [0.2, 0.25) is 0 Å². The summed E-state index contributed by atoms with van der Waals surface area (Å²) in [5.41, 5.74) is 1.46. The topological polar surface area (TPSA) is 77.6 Å². The van der Waals surface area contributed by atoms with Gasteiger partial charge in [-0.15, -0.1) is 0 Å². The number of ether oxygens (including phenoxy) is 2. The fourth-order valence-electron chi connectivity index (χ4n) is 1.73. The Morgan fingerprint density at radius 1 is 1.25 bits per heavy atom. The molecule has 0 saturated carbocycles. The molecule has 0 fully saturated rings. The molecule has 6 heteroatoms. The van der Waals surface area contributed by atoms with Crippen LogP contribution in [0.25, 0.3) is 11.5 Å². The van der Waals surface area contributed by atoms with Crippen LogP contribution in [0.4, 0.5) is 0 Å². The van der Waals surface area contributed by atoms with Crippen LogP contribution in [0.5, 0.6) is 5.75 Å². The highest BCUT2D eigenvalue weighted by Crippen LogP contribution is 2.27. The molecule has 0 atom stereocenters. The van der Waals surface area contributed by atoms with Gasteiger partial charge in [-0.2, -0.15) is 4.98 Å². The van der Waals surface area contributed by atoms with Crippen molar-refractivity contribution in [3.63, 3.8) is 0 Å². The summed E-state index contributed by atoms with van der Waals surface area (Å²) in [6.45, 7) is 3.44. The van der Waals surface area contributed by atoms with Crippen LogP contribution in [0.1, 0.15) is 11.4 Å². The van der Waals surface area contributed by atoms with Gasteiger partial charge < -0.3 is 19.1 Å². The molecule has 1 aromatic carbocycles. The number of hydrogen-bond donors (Lipinski definition) is 1. The van der Waals surface area contributed by atoms with Gasteiger partial charge in [0.1, 0.15) is 5.75 Å². The van der Waals surface area contributed by atoms with Gasteiger partial charge in [0, 0.05) is 24.7 Å². The smallest absolute Gasteiger partial charge is 0.258 e. The minimum Gasteiger partial charge on any atom is -0.508 e. The van der Waals surface area contributed by atoms with E-state index in [-0.39, 0.29) is 5.75 Å². The molecule has 0 spiro atoms. The van der Waals surface area contributed by atoms with Gasteiger partial charge in [-0.05, 0) is 19.1 Å². The quantitative estimate of drug-likeness (QED) is 0.780. The van der Waals surface area contributed by atoms with E-state index in [1.54, 1.807) is 19.2 Å². The van der Waals surface area contributed by atoms with Crippen molar-refractivity contribution in [3.8, 4) is 17.2 Å². The lowest BCUT2D eigenvalue weighted by Gasteiger charge is -2.02. The maximum Gasteiger partial charge on any atom is 0.258 e. The summed E-state index contributed by atoms with van der Waals surface area (Å²) in [5, 5.41) is 13.6. The highest BCUT2D eigenvalue weighted by Gasteiger charge is 2.12. The molecular formula is C14H18N2O4. The number of aromatic nitrogens is 2. The van der Waals surface area contributed by atoms with E-state index in [1.165, 1.54) is 0 Å². The molecule has 20 heavy (non-hydrogen) atoms. The van der Waals surface area contributed by atoms with Crippen molar-refractivity contribution in [2.45, 2.75) is 13.3 Å². The van der Waals surface area contributed by atoms with Gasteiger partial charge in [0.15, 0.2) is 5.82 Å². The lowest BCUT2D eigenvalue weighted by Crippen LogP contribution is -2.05. The van der Waals surface area contributed by atoms with E-state index in [9.17, 15) is 5.11 Å². The Hall–Kier alpha value is -1.92. The molecule has 0 radical (unpaired) electrons. The Morgan fingerprint density at radius 2 is 2.10 bits per heavy atom. The van der Waals surface area contributed by atoms with Crippen LogP contribution in [-0.4, -0.2) is 42.2 Å². The first-order valence-corrected chi connectivity index (χ1v) is 6.40. The largest absolute Gasteiger partial charge is 0.508 e. The van der Waals surface area contributed by atoms with Crippen molar-refractivity contribution in [1.29, 1.82) is 0 Å². The average Bonchev–Trinajstić information content (AvgIpc) is 2.90. The van der Waals surface area contributed by atoms with Crippen molar-refractivity contribution < 1.29 is 19.1 Å². The Bertz CT molecular complexity index is 554. The molecule has 1 heterocycles. The highest BCUT2D eigenvalue weighted by molar-refractivity contribution is 5.61. The first-order chi connectivity index (χ1) is 9.72. The monoisotopic (exact) mass is 278 g/mol. The molecule has 1 aromatic heterocycles. The number of rotatable bonds is 7. The molecular weight excluding hydrogens is 260 g/mol. The predicted octanol–water partition coefficient (Wildman–Crippen LogP) is 1.96. The summed E-state index contributed by atoms with van der Waals surface area (Å²) in [7, 11) is 1.63. The standard InChI is InChI=1S/C14H18N2O4/c1-10-11(4-3-5-12(10)17)14-15-13(16-20-14)6-7-19-9-8-18-2/h3-5,17H,6-9H2,1-2H3. The van der Waals surface area contributed by atoms with Crippen molar-refractivity contribution in [2.24, 2.45) is 0 Å². The highest BCUT2D eigenvalue weighted by atomic mass is 16.5. The first-order valence-electron chi connectivity index (χ1n) is 6.40. The molecule has 1 N–H and O–H groups in total. The Balaban J connectivity index is 1.97. The fourth-order valence-corrected chi connectivity index (χ4v) is 1.73. The second-order valence-corrected chi connectivity index (χ2v) is 4.32. The Morgan fingerprint density at radius 3 is 2.90 bits per heavy atom.